The second-order valence-electron chi connectivity index (χ2n) is 2.50. The number of rotatable bonds is 3. The van der Waals surface area contributed by atoms with Gasteiger partial charge in [-0.15, -0.1) is 0 Å². The quantitative estimate of drug-likeness (QED) is 0.562. The largest absolute Gasteiger partial charge is 0.393 e. The second kappa shape index (κ2) is 3.97. The van der Waals surface area contributed by atoms with E-state index in [-0.39, 0.29) is 0 Å². The Labute approximate surface area is 76.4 Å². The topological polar surface area (TPSA) is 43.1 Å². The highest BCUT2D eigenvalue weighted by Crippen LogP contribution is 2.02. The van der Waals surface area contributed by atoms with Crippen molar-refractivity contribution in [1.29, 1.82) is 0 Å². The van der Waals surface area contributed by atoms with Crippen LogP contribution in [0.25, 0.3) is 0 Å². The first-order chi connectivity index (χ1) is 5.72. The minimum Gasteiger partial charge on any atom is -0.393 e. The van der Waals surface area contributed by atoms with Crippen molar-refractivity contribution in [1.82, 2.24) is 0 Å². The number of aldehydes is 1. The van der Waals surface area contributed by atoms with Crippen molar-refractivity contribution in [3.8, 4) is 0 Å². The first-order valence-electron chi connectivity index (χ1n) is 3.55. The molecule has 1 aromatic rings. The molecule has 12 heavy (non-hydrogen) atoms. The molecule has 0 saturated heterocycles. The van der Waals surface area contributed by atoms with Crippen LogP contribution in [0.4, 0.5) is 0 Å². The predicted molar refractivity (Wildman–Crippen MR) is 52.3 cm³/mol. The fraction of sp³-hybridized carbons (Fsp3) is 0.111. The number of thiocarbonyl (C=S) groups is 1. The van der Waals surface area contributed by atoms with E-state index in [0.717, 1.165) is 11.8 Å². The summed E-state index contributed by atoms with van der Waals surface area (Å²) < 4.78 is 0. The number of carbonyl (C=O) groups excluding carboxylic acids is 1. The van der Waals surface area contributed by atoms with E-state index in [4.69, 9.17) is 18.0 Å². The summed E-state index contributed by atoms with van der Waals surface area (Å²) in [6.45, 7) is 0. The van der Waals surface area contributed by atoms with Crippen LogP contribution in [0.15, 0.2) is 24.3 Å². The van der Waals surface area contributed by atoms with E-state index in [1.54, 1.807) is 12.1 Å². The number of hydrogen-bond acceptors (Lipinski definition) is 2. The lowest BCUT2D eigenvalue weighted by molar-refractivity contribution is 0.112. The highest BCUT2D eigenvalue weighted by Gasteiger charge is 1.94. The molecule has 3 heteroatoms. The summed E-state index contributed by atoms with van der Waals surface area (Å²) in [5, 5.41) is 0. The predicted octanol–water partition coefficient (Wildman–Crippen LogP) is 1.33. The fourth-order valence-electron chi connectivity index (χ4n) is 0.915. The molecule has 0 aliphatic rings. The van der Waals surface area contributed by atoms with Crippen molar-refractivity contribution in [2.24, 2.45) is 5.73 Å². The van der Waals surface area contributed by atoms with E-state index in [1.165, 1.54) is 0 Å². The lowest BCUT2D eigenvalue weighted by Crippen LogP contribution is -2.10. The molecule has 0 fully saturated rings. The summed E-state index contributed by atoms with van der Waals surface area (Å²) in [5.41, 5.74) is 7.06. The molecule has 0 unspecified atom stereocenters. The Balaban J connectivity index is 2.77. The molecule has 62 valence electrons. The molecule has 1 aromatic carbocycles. The zero-order valence-electron chi connectivity index (χ0n) is 6.49. The molecule has 0 atom stereocenters. The standard InChI is InChI=1S/C9H9NOS/c10-9(12)5-7-1-3-8(6-11)4-2-7/h1-4,6H,5H2,(H2,10,12). The van der Waals surface area contributed by atoms with Crippen LogP contribution in [-0.4, -0.2) is 11.3 Å². The third-order valence-corrected chi connectivity index (χ3v) is 1.64. The van der Waals surface area contributed by atoms with E-state index in [9.17, 15) is 4.79 Å². The second-order valence-corrected chi connectivity index (χ2v) is 3.03. The number of hydrogen-bond donors (Lipinski definition) is 1. The highest BCUT2D eigenvalue weighted by atomic mass is 32.1. The summed E-state index contributed by atoms with van der Waals surface area (Å²) in [6, 6.07) is 7.20. The zero-order chi connectivity index (χ0) is 8.97. The van der Waals surface area contributed by atoms with E-state index in [0.29, 0.717) is 17.0 Å². The lowest BCUT2D eigenvalue weighted by Gasteiger charge is -1.98. The summed E-state index contributed by atoms with van der Waals surface area (Å²) >= 11 is 4.75. The van der Waals surface area contributed by atoms with Gasteiger partial charge >= 0.3 is 0 Å². The zero-order valence-corrected chi connectivity index (χ0v) is 7.30. The first-order valence-corrected chi connectivity index (χ1v) is 3.95. The minimum absolute atomic E-state index is 0.467. The van der Waals surface area contributed by atoms with Crippen LogP contribution < -0.4 is 5.73 Å². The van der Waals surface area contributed by atoms with Crippen molar-refractivity contribution in [3.63, 3.8) is 0 Å². The maximum atomic E-state index is 10.3. The average Bonchev–Trinajstić information content (AvgIpc) is 2.05. The number of benzene rings is 1. The van der Waals surface area contributed by atoms with Gasteiger partial charge in [0.05, 0.1) is 4.99 Å². The van der Waals surface area contributed by atoms with Crippen molar-refractivity contribution in [2.75, 3.05) is 0 Å². The van der Waals surface area contributed by atoms with Crippen molar-refractivity contribution in [3.05, 3.63) is 35.4 Å². The highest BCUT2D eigenvalue weighted by molar-refractivity contribution is 7.80. The third kappa shape index (κ3) is 2.43. The Morgan fingerprint density at radius 2 is 2.00 bits per heavy atom. The lowest BCUT2D eigenvalue weighted by atomic mass is 10.1. The van der Waals surface area contributed by atoms with Crippen LogP contribution in [0.1, 0.15) is 15.9 Å². The van der Waals surface area contributed by atoms with Gasteiger partial charge in [0, 0.05) is 12.0 Å². The third-order valence-electron chi connectivity index (χ3n) is 1.49. The summed E-state index contributed by atoms with van der Waals surface area (Å²) in [5.74, 6) is 0. The maximum Gasteiger partial charge on any atom is 0.150 e. The van der Waals surface area contributed by atoms with Gasteiger partial charge in [-0.05, 0) is 5.56 Å². The Morgan fingerprint density at radius 1 is 1.42 bits per heavy atom. The van der Waals surface area contributed by atoms with E-state index < -0.39 is 0 Å². The number of carbonyl (C=O) groups is 1. The van der Waals surface area contributed by atoms with Crippen molar-refractivity contribution < 1.29 is 4.79 Å². The van der Waals surface area contributed by atoms with Gasteiger partial charge in [0.1, 0.15) is 6.29 Å². The average molecular weight is 179 g/mol. The molecule has 1 rings (SSSR count). The summed E-state index contributed by atoms with van der Waals surface area (Å²) in [7, 11) is 0. The molecule has 0 aliphatic carbocycles. The molecule has 0 spiro atoms. The van der Waals surface area contributed by atoms with Crippen LogP contribution in [-0.2, 0) is 6.42 Å². The molecule has 0 bridgehead atoms. The van der Waals surface area contributed by atoms with E-state index in [2.05, 4.69) is 0 Å². The van der Waals surface area contributed by atoms with E-state index in [1.807, 2.05) is 12.1 Å². The molecule has 0 heterocycles. The van der Waals surface area contributed by atoms with Crippen LogP contribution in [0, 0.1) is 0 Å². The Kier molecular flexibility index (Phi) is 2.94. The molecule has 0 aliphatic heterocycles. The van der Waals surface area contributed by atoms with Gasteiger partial charge in [-0.25, -0.2) is 0 Å². The summed E-state index contributed by atoms with van der Waals surface area (Å²) in [4.78, 5) is 10.8. The monoisotopic (exact) mass is 179 g/mol. The van der Waals surface area contributed by atoms with Gasteiger partial charge in [0.15, 0.2) is 0 Å². The van der Waals surface area contributed by atoms with Gasteiger partial charge in [-0.3, -0.25) is 4.79 Å². The van der Waals surface area contributed by atoms with Gasteiger partial charge < -0.3 is 5.73 Å². The molecule has 2 N–H and O–H groups in total. The minimum atomic E-state index is 0.467. The normalized spacial score (nSPS) is 9.33. The molecule has 0 radical (unpaired) electrons. The molecule has 0 saturated carbocycles. The Bertz CT molecular complexity index is 292. The van der Waals surface area contributed by atoms with Gasteiger partial charge in [-0.1, -0.05) is 36.5 Å². The fourth-order valence-corrected chi connectivity index (χ4v) is 1.08. The van der Waals surface area contributed by atoms with Gasteiger partial charge in [-0.2, -0.15) is 0 Å². The molecule has 0 aromatic heterocycles. The van der Waals surface area contributed by atoms with E-state index >= 15 is 0 Å². The van der Waals surface area contributed by atoms with Crippen LogP contribution >= 0.6 is 12.2 Å². The maximum absolute atomic E-state index is 10.3. The van der Waals surface area contributed by atoms with Crippen LogP contribution in [0.3, 0.4) is 0 Å². The Hall–Kier alpha value is -1.22. The first kappa shape index (κ1) is 8.87. The van der Waals surface area contributed by atoms with Crippen LogP contribution in [0.5, 0.6) is 0 Å². The molecule has 2 nitrogen and oxygen atoms in total. The van der Waals surface area contributed by atoms with Gasteiger partial charge in [0.25, 0.3) is 0 Å². The summed E-state index contributed by atoms with van der Waals surface area (Å²) in [6.07, 6.45) is 1.40. The molecular weight excluding hydrogens is 170 g/mol. The number of nitrogens with two attached hydrogens (primary N) is 1. The van der Waals surface area contributed by atoms with Gasteiger partial charge in [0.2, 0.25) is 0 Å². The molecular formula is C9H9NOS. The van der Waals surface area contributed by atoms with Crippen molar-refractivity contribution >= 4 is 23.5 Å². The van der Waals surface area contributed by atoms with Crippen LogP contribution in [0.2, 0.25) is 0 Å². The van der Waals surface area contributed by atoms with Crippen molar-refractivity contribution in [2.45, 2.75) is 6.42 Å². The SMILES string of the molecule is NC(=S)Cc1ccc(C=O)cc1. The Morgan fingerprint density at radius 3 is 2.42 bits per heavy atom. The molecule has 0 amide bonds. The smallest absolute Gasteiger partial charge is 0.150 e.